The Kier molecular flexibility index (Phi) is 3.46. The van der Waals surface area contributed by atoms with E-state index in [9.17, 15) is 4.79 Å². The number of aryl methyl sites for hydroxylation is 1. The molecule has 0 unspecified atom stereocenters. The molecule has 2 heterocycles. The van der Waals surface area contributed by atoms with E-state index in [1.54, 1.807) is 6.07 Å². The van der Waals surface area contributed by atoms with Gasteiger partial charge in [0.15, 0.2) is 11.5 Å². The van der Waals surface area contributed by atoms with Crippen LogP contribution in [0.25, 0.3) is 10.9 Å². The number of benzene rings is 2. The Hall–Kier alpha value is -2.95. The van der Waals surface area contributed by atoms with Gasteiger partial charge in [0.1, 0.15) is 0 Å². The molecular formula is C20H20N2O3. The number of aromatic nitrogens is 1. The zero-order chi connectivity index (χ0) is 17.6. The first-order valence-corrected chi connectivity index (χ1v) is 8.26. The number of carbonyl (C=O) groups is 1. The van der Waals surface area contributed by atoms with E-state index in [-0.39, 0.29) is 12.7 Å². The number of ether oxygens (including phenoxy) is 2. The molecule has 0 saturated heterocycles. The van der Waals surface area contributed by atoms with Crippen LogP contribution in [0.4, 0.5) is 5.69 Å². The summed E-state index contributed by atoms with van der Waals surface area (Å²) in [4.78, 5) is 16.4. The molecule has 0 aliphatic carbocycles. The smallest absolute Gasteiger partial charge is 0.234 e. The van der Waals surface area contributed by atoms with Gasteiger partial charge in [0, 0.05) is 28.4 Å². The maximum atomic E-state index is 13.0. The van der Waals surface area contributed by atoms with Gasteiger partial charge in [-0.3, -0.25) is 4.79 Å². The third kappa shape index (κ3) is 2.52. The lowest BCUT2D eigenvalue weighted by Gasteiger charge is -2.24. The Morgan fingerprint density at radius 3 is 2.72 bits per heavy atom. The molecule has 0 atom stereocenters. The molecule has 1 aromatic heterocycles. The molecule has 0 saturated carbocycles. The predicted octanol–water partition coefficient (Wildman–Crippen LogP) is 4.12. The number of carbonyl (C=O) groups excluding carboxylic acids is 1. The minimum Gasteiger partial charge on any atom is -0.454 e. The molecule has 4 rings (SSSR count). The first-order chi connectivity index (χ1) is 12.0. The van der Waals surface area contributed by atoms with Crippen LogP contribution in [0.1, 0.15) is 25.1 Å². The van der Waals surface area contributed by atoms with Crippen molar-refractivity contribution in [2.24, 2.45) is 0 Å². The summed E-state index contributed by atoms with van der Waals surface area (Å²) in [6.07, 6.45) is 0. The van der Waals surface area contributed by atoms with Crippen molar-refractivity contribution < 1.29 is 14.3 Å². The fourth-order valence-electron chi connectivity index (χ4n) is 3.46. The summed E-state index contributed by atoms with van der Waals surface area (Å²) in [6, 6.07) is 13.5. The first-order valence-electron chi connectivity index (χ1n) is 8.26. The Morgan fingerprint density at radius 1 is 1.12 bits per heavy atom. The summed E-state index contributed by atoms with van der Waals surface area (Å²) in [5.74, 6) is 1.28. The normalized spacial score (nSPS) is 13.2. The molecule has 1 aliphatic rings. The van der Waals surface area contributed by atoms with Crippen LogP contribution >= 0.6 is 0 Å². The Labute approximate surface area is 146 Å². The van der Waals surface area contributed by atoms with Crippen molar-refractivity contribution >= 4 is 22.5 Å². The number of para-hydroxylation sites is 1. The van der Waals surface area contributed by atoms with Crippen molar-refractivity contribution in [3.63, 3.8) is 0 Å². The van der Waals surface area contributed by atoms with Gasteiger partial charge in [-0.05, 0) is 44.5 Å². The molecule has 25 heavy (non-hydrogen) atoms. The molecule has 3 aromatic rings. The highest BCUT2D eigenvalue weighted by Gasteiger charge is 2.34. The largest absolute Gasteiger partial charge is 0.454 e. The molecule has 5 heteroatoms. The van der Waals surface area contributed by atoms with Crippen molar-refractivity contribution in [2.45, 2.75) is 26.2 Å². The molecule has 2 aromatic carbocycles. The summed E-state index contributed by atoms with van der Waals surface area (Å²) in [7, 11) is 0. The number of anilines is 1. The van der Waals surface area contributed by atoms with Gasteiger partial charge in [0.25, 0.3) is 0 Å². The molecule has 0 spiro atoms. The second-order valence-corrected chi connectivity index (χ2v) is 6.82. The van der Waals surface area contributed by atoms with Gasteiger partial charge in [-0.2, -0.15) is 0 Å². The van der Waals surface area contributed by atoms with Gasteiger partial charge in [-0.1, -0.05) is 18.2 Å². The fourth-order valence-corrected chi connectivity index (χ4v) is 3.46. The second kappa shape index (κ2) is 5.55. The first kappa shape index (κ1) is 15.6. The summed E-state index contributed by atoms with van der Waals surface area (Å²) >= 11 is 0. The maximum absolute atomic E-state index is 13.0. The highest BCUT2D eigenvalue weighted by atomic mass is 16.7. The van der Waals surface area contributed by atoms with E-state index in [1.165, 1.54) is 0 Å². The number of amides is 1. The van der Waals surface area contributed by atoms with Crippen LogP contribution in [0.5, 0.6) is 11.5 Å². The Bertz CT molecular complexity index is 972. The summed E-state index contributed by atoms with van der Waals surface area (Å²) in [5.41, 5.74) is 3.06. The van der Waals surface area contributed by atoms with Gasteiger partial charge in [0.05, 0.1) is 5.41 Å². The van der Waals surface area contributed by atoms with E-state index >= 15 is 0 Å². The van der Waals surface area contributed by atoms with Crippen LogP contribution in [0.3, 0.4) is 0 Å². The highest BCUT2D eigenvalue weighted by molar-refractivity contribution is 6.02. The molecule has 1 aliphatic heterocycles. The SMILES string of the molecule is Cc1[nH]c2ccccc2c1C(C)(C)C(=O)Nc1ccc2c(c1)OCO2. The zero-order valence-corrected chi connectivity index (χ0v) is 14.5. The predicted molar refractivity (Wildman–Crippen MR) is 97.3 cm³/mol. The quantitative estimate of drug-likeness (QED) is 0.756. The minimum atomic E-state index is -0.694. The van der Waals surface area contributed by atoms with Gasteiger partial charge in [-0.15, -0.1) is 0 Å². The molecule has 0 bridgehead atoms. The van der Waals surface area contributed by atoms with Crippen LogP contribution in [0.15, 0.2) is 42.5 Å². The number of hydrogen-bond donors (Lipinski definition) is 2. The lowest BCUT2D eigenvalue weighted by molar-refractivity contribution is -0.120. The van der Waals surface area contributed by atoms with Gasteiger partial charge >= 0.3 is 0 Å². The average molecular weight is 336 g/mol. The zero-order valence-electron chi connectivity index (χ0n) is 14.5. The van der Waals surface area contributed by atoms with E-state index < -0.39 is 5.41 Å². The highest BCUT2D eigenvalue weighted by Crippen LogP contribution is 2.37. The summed E-state index contributed by atoms with van der Waals surface area (Å²) < 4.78 is 10.7. The van der Waals surface area contributed by atoms with Crippen LogP contribution in [0, 0.1) is 6.92 Å². The molecule has 5 nitrogen and oxygen atoms in total. The van der Waals surface area contributed by atoms with Crippen LogP contribution in [-0.4, -0.2) is 17.7 Å². The third-order valence-corrected chi connectivity index (χ3v) is 4.72. The number of aromatic amines is 1. The molecule has 128 valence electrons. The van der Waals surface area contributed by atoms with Gasteiger partial charge in [-0.25, -0.2) is 0 Å². The number of hydrogen-bond acceptors (Lipinski definition) is 3. The maximum Gasteiger partial charge on any atom is 0.234 e. The van der Waals surface area contributed by atoms with E-state index in [2.05, 4.69) is 10.3 Å². The summed E-state index contributed by atoms with van der Waals surface area (Å²) in [5, 5.41) is 4.08. The lowest BCUT2D eigenvalue weighted by Crippen LogP contribution is -2.35. The average Bonchev–Trinajstić information content (AvgIpc) is 3.17. The van der Waals surface area contributed by atoms with Crippen LogP contribution in [-0.2, 0) is 10.2 Å². The minimum absolute atomic E-state index is 0.0702. The van der Waals surface area contributed by atoms with Crippen LogP contribution in [0.2, 0.25) is 0 Å². The van der Waals surface area contributed by atoms with Gasteiger partial charge < -0.3 is 19.8 Å². The van der Waals surface area contributed by atoms with Crippen molar-refractivity contribution in [1.29, 1.82) is 0 Å². The number of rotatable bonds is 3. The van der Waals surface area contributed by atoms with E-state index in [1.807, 2.05) is 57.2 Å². The van der Waals surface area contributed by atoms with Crippen molar-refractivity contribution in [1.82, 2.24) is 4.98 Å². The van der Waals surface area contributed by atoms with E-state index in [0.29, 0.717) is 17.2 Å². The Balaban J connectivity index is 1.67. The molecule has 1 amide bonds. The van der Waals surface area contributed by atoms with Crippen LogP contribution < -0.4 is 14.8 Å². The van der Waals surface area contributed by atoms with Gasteiger partial charge in [0.2, 0.25) is 12.7 Å². The van der Waals surface area contributed by atoms with E-state index in [0.717, 1.165) is 22.2 Å². The molecule has 0 radical (unpaired) electrons. The van der Waals surface area contributed by atoms with Crippen molar-refractivity contribution in [3.8, 4) is 11.5 Å². The fraction of sp³-hybridized carbons (Fsp3) is 0.250. The number of nitrogens with one attached hydrogen (secondary N) is 2. The lowest BCUT2D eigenvalue weighted by atomic mass is 9.81. The third-order valence-electron chi connectivity index (χ3n) is 4.72. The Morgan fingerprint density at radius 2 is 1.88 bits per heavy atom. The van der Waals surface area contributed by atoms with Crippen molar-refractivity contribution in [3.05, 3.63) is 53.7 Å². The standard InChI is InChI=1S/C20H20N2O3/c1-12-18(14-6-4-5-7-15(14)21-12)20(2,3)19(23)22-13-8-9-16-17(10-13)25-11-24-16/h4-10,21H,11H2,1-3H3,(H,22,23). The van der Waals surface area contributed by atoms with E-state index in [4.69, 9.17) is 9.47 Å². The molecular weight excluding hydrogens is 316 g/mol. The molecule has 2 N–H and O–H groups in total. The number of fused-ring (bicyclic) bond motifs is 2. The second-order valence-electron chi connectivity index (χ2n) is 6.82. The molecule has 0 fully saturated rings. The van der Waals surface area contributed by atoms with Crippen molar-refractivity contribution in [2.75, 3.05) is 12.1 Å². The monoisotopic (exact) mass is 336 g/mol. The summed E-state index contributed by atoms with van der Waals surface area (Å²) in [6.45, 7) is 6.10. The number of H-pyrrole nitrogens is 1. The topological polar surface area (TPSA) is 63.4 Å².